The molecule has 2 aromatic rings. The van der Waals surface area contributed by atoms with Crippen LogP contribution in [0.1, 0.15) is 48.2 Å². The lowest BCUT2D eigenvalue weighted by atomic mass is 9.95. The third-order valence-electron chi connectivity index (χ3n) is 4.73. The van der Waals surface area contributed by atoms with Gasteiger partial charge in [0.2, 0.25) is 0 Å². The fraction of sp³-hybridized carbons (Fsp3) is 0.240. The third-order valence-corrected chi connectivity index (χ3v) is 4.73. The molecule has 0 radical (unpaired) electrons. The highest BCUT2D eigenvalue weighted by molar-refractivity contribution is 6.09. The Morgan fingerprint density at radius 3 is 2.37 bits per heavy atom. The van der Waals surface area contributed by atoms with Crippen molar-refractivity contribution in [3.05, 3.63) is 83.0 Å². The van der Waals surface area contributed by atoms with Crippen LogP contribution >= 0.6 is 0 Å². The van der Waals surface area contributed by atoms with Crippen LogP contribution < -0.4 is 0 Å². The number of aliphatic hydroxyl groups excluding tert-OH is 1. The van der Waals surface area contributed by atoms with Gasteiger partial charge in [0.15, 0.2) is 5.78 Å². The minimum atomic E-state index is -0.953. The summed E-state index contributed by atoms with van der Waals surface area (Å²) in [5.41, 5.74) is 2.62. The highest BCUT2D eigenvalue weighted by Gasteiger charge is 2.20. The molecule has 0 unspecified atom stereocenters. The van der Waals surface area contributed by atoms with Crippen LogP contribution in [0.5, 0.6) is 17.2 Å². The number of allylic oxidation sites excluding steroid dienone is 3. The molecule has 0 heterocycles. The summed E-state index contributed by atoms with van der Waals surface area (Å²) in [5, 5.41) is 40.4. The van der Waals surface area contributed by atoms with Crippen molar-refractivity contribution in [3.8, 4) is 17.2 Å². The van der Waals surface area contributed by atoms with Gasteiger partial charge in [0, 0.05) is 12.0 Å². The Morgan fingerprint density at radius 2 is 1.73 bits per heavy atom. The van der Waals surface area contributed by atoms with E-state index >= 15 is 0 Å². The monoisotopic (exact) mass is 408 g/mol. The Balaban J connectivity index is 2.15. The first kappa shape index (κ1) is 23.0. The Bertz CT molecular complexity index is 964. The van der Waals surface area contributed by atoms with Gasteiger partial charge in [0.05, 0.1) is 11.7 Å². The summed E-state index contributed by atoms with van der Waals surface area (Å²) in [6.07, 6.45) is 5.24. The second kappa shape index (κ2) is 10.5. The van der Waals surface area contributed by atoms with Crippen molar-refractivity contribution in [1.29, 1.82) is 0 Å². The van der Waals surface area contributed by atoms with E-state index in [1.54, 1.807) is 18.2 Å². The smallest absolute Gasteiger partial charge is 0.189 e. The van der Waals surface area contributed by atoms with E-state index in [9.17, 15) is 25.2 Å². The van der Waals surface area contributed by atoms with Crippen molar-refractivity contribution >= 4 is 11.9 Å². The number of hydrogen-bond acceptors (Lipinski definition) is 5. The summed E-state index contributed by atoms with van der Waals surface area (Å²) in [6.45, 7) is 7.88. The average Bonchev–Trinajstić information content (AvgIpc) is 2.70. The minimum absolute atomic E-state index is 0.0279. The van der Waals surface area contributed by atoms with Gasteiger partial charge in [0.1, 0.15) is 17.2 Å². The molecule has 0 fully saturated rings. The van der Waals surface area contributed by atoms with E-state index < -0.39 is 11.9 Å². The molecule has 0 aromatic heterocycles. The molecule has 0 aliphatic carbocycles. The summed E-state index contributed by atoms with van der Waals surface area (Å²) in [4.78, 5) is 12.5. The van der Waals surface area contributed by atoms with Gasteiger partial charge in [-0.25, -0.2) is 0 Å². The van der Waals surface area contributed by atoms with Gasteiger partial charge < -0.3 is 20.4 Å². The maximum Gasteiger partial charge on any atom is 0.189 e. The quantitative estimate of drug-likeness (QED) is 0.269. The number of phenolic OH excluding ortho intramolecular Hbond substituents is 3. The van der Waals surface area contributed by atoms with Crippen molar-refractivity contribution in [1.82, 2.24) is 0 Å². The zero-order valence-electron chi connectivity index (χ0n) is 17.3. The van der Waals surface area contributed by atoms with Crippen LogP contribution in [0.4, 0.5) is 0 Å². The molecule has 1 atom stereocenters. The second-order valence-electron chi connectivity index (χ2n) is 7.45. The van der Waals surface area contributed by atoms with E-state index in [2.05, 4.69) is 6.58 Å². The standard InChI is InChI=1S/C25H28O5/c1-16(2)5-4-6-17(3)24(29)15-21-23(28)14-12-20(25(21)30)22(27)13-9-18-7-10-19(26)11-8-18/h5,7-14,24,26,28-30H,3-4,6,15H2,1-2H3/b13-9-/t24-/m1/s1. The first-order valence-corrected chi connectivity index (χ1v) is 9.73. The van der Waals surface area contributed by atoms with Gasteiger partial charge in [-0.1, -0.05) is 36.4 Å². The summed E-state index contributed by atoms with van der Waals surface area (Å²) in [6, 6.07) is 8.98. The number of carbonyl (C=O) groups is 1. The van der Waals surface area contributed by atoms with E-state index in [4.69, 9.17) is 0 Å². The fourth-order valence-electron chi connectivity index (χ4n) is 2.92. The highest BCUT2D eigenvalue weighted by Crippen LogP contribution is 2.33. The molecule has 0 saturated carbocycles. The van der Waals surface area contributed by atoms with Crippen molar-refractivity contribution in [2.75, 3.05) is 0 Å². The zero-order chi connectivity index (χ0) is 22.3. The molecule has 2 rings (SSSR count). The molecule has 0 saturated heterocycles. The largest absolute Gasteiger partial charge is 0.508 e. The number of benzene rings is 2. The van der Waals surface area contributed by atoms with Crippen molar-refractivity contribution in [3.63, 3.8) is 0 Å². The lowest BCUT2D eigenvalue weighted by Gasteiger charge is -2.16. The highest BCUT2D eigenvalue weighted by atomic mass is 16.3. The number of carbonyl (C=O) groups excluding carboxylic acids is 1. The van der Waals surface area contributed by atoms with E-state index in [1.807, 2.05) is 19.9 Å². The van der Waals surface area contributed by atoms with Crippen molar-refractivity contribution < 1.29 is 25.2 Å². The predicted molar refractivity (Wildman–Crippen MR) is 119 cm³/mol. The van der Waals surface area contributed by atoms with E-state index in [0.29, 0.717) is 17.6 Å². The second-order valence-corrected chi connectivity index (χ2v) is 7.45. The molecular formula is C25H28O5. The molecule has 2 aromatic carbocycles. The SMILES string of the molecule is C=C(CCC=C(C)C)[C@H](O)Cc1c(O)ccc(C(=O)/C=C\c2ccc(O)cc2)c1O. The molecule has 0 aliphatic rings. The van der Waals surface area contributed by atoms with Gasteiger partial charge in [-0.05, 0) is 68.2 Å². The number of aromatic hydroxyl groups is 3. The summed E-state index contributed by atoms with van der Waals surface area (Å²) >= 11 is 0. The summed E-state index contributed by atoms with van der Waals surface area (Å²) in [7, 11) is 0. The third kappa shape index (κ3) is 6.36. The molecule has 5 nitrogen and oxygen atoms in total. The number of phenols is 3. The number of hydrogen-bond donors (Lipinski definition) is 4. The lowest BCUT2D eigenvalue weighted by molar-refractivity contribution is 0.104. The predicted octanol–water partition coefficient (Wildman–Crippen LogP) is 4.91. The maximum atomic E-state index is 12.5. The van der Waals surface area contributed by atoms with Crippen LogP contribution in [0.3, 0.4) is 0 Å². The van der Waals surface area contributed by atoms with Gasteiger partial charge in [-0.3, -0.25) is 4.79 Å². The van der Waals surface area contributed by atoms with Gasteiger partial charge >= 0.3 is 0 Å². The molecular weight excluding hydrogens is 380 g/mol. The molecule has 158 valence electrons. The topological polar surface area (TPSA) is 98.0 Å². The average molecular weight is 408 g/mol. The van der Waals surface area contributed by atoms with Gasteiger partial charge in [-0.15, -0.1) is 0 Å². The summed E-state index contributed by atoms with van der Waals surface area (Å²) in [5.74, 6) is -0.867. The van der Waals surface area contributed by atoms with E-state index in [0.717, 1.165) is 6.42 Å². The molecule has 30 heavy (non-hydrogen) atoms. The Labute approximate surface area is 177 Å². The molecule has 0 spiro atoms. The van der Waals surface area contributed by atoms with Crippen LogP contribution in [0, 0.1) is 0 Å². The normalized spacial score (nSPS) is 12.0. The first-order valence-electron chi connectivity index (χ1n) is 9.73. The first-order chi connectivity index (χ1) is 14.2. The van der Waals surface area contributed by atoms with E-state index in [-0.39, 0.29) is 34.8 Å². The lowest BCUT2D eigenvalue weighted by Crippen LogP contribution is -2.14. The fourth-order valence-corrected chi connectivity index (χ4v) is 2.92. The van der Waals surface area contributed by atoms with Crippen LogP contribution in [-0.2, 0) is 6.42 Å². The Morgan fingerprint density at radius 1 is 1.07 bits per heavy atom. The van der Waals surface area contributed by atoms with Crippen molar-refractivity contribution in [2.24, 2.45) is 0 Å². The van der Waals surface area contributed by atoms with Gasteiger partial charge in [0.25, 0.3) is 0 Å². The Kier molecular flexibility index (Phi) is 8.01. The van der Waals surface area contributed by atoms with Crippen molar-refractivity contribution in [2.45, 2.75) is 39.2 Å². The number of aliphatic hydroxyl groups is 1. The number of ketones is 1. The van der Waals surface area contributed by atoms with Gasteiger partial charge in [-0.2, -0.15) is 0 Å². The molecule has 0 aliphatic heterocycles. The molecule has 0 amide bonds. The maximum absolute atomic E-state index is 12.5. The Hall–Kier alpha value is -3.31. The molecule has 0 bridgehead atoms. The molecule has 4 N–H and O–H groups in total. The minimum Gasteiger partial charge on any atom is -0.508 e. The van der Waals surface area contributed by atoms with Crippen LogP contribution in [0.2, 0.25) is 0 Å². The van der Waals surface area contributed by atoms with Crippen LogP contribution in [0.15, 0.2) is 66.3 Å². The van der Waals surface area contributed by atoms with Crippen LogP contribution in [0.25, 0.3) is 6.08 Å². The molecule has 5 heteroatoms. The van der Waals surface area contributed by atoms with Crippen LogP contribution in [-0.4, -0.2) is 32.3 Å². The summed E-state index contributed by atoms with van der Waals surface area (Å²) < 4.78 is 0. The number of rotatable bonds is 9. The van der Waals surface area contributed by atoms with E-state index in [1.165, 1.54) is 35.9 Å². The zero-order valence-corrected chi connectivity index (χ0v) is 17.3.